The molecule has 1 aromatic heterocycles. The lowest BCUT2D eigenvalue weighted by atomic mass is 9.85. The Balaban J connectivity index is 0.00000182. The van der Waals surface area contributed by atoms with Crippen LogP contribution >= 0.6 is 24.8 Å². The maximum absolute atomic E-state index is 13.2. The van der Waals surface area contributed by atoms with Crippen LogP contribution < -0.4 is 5.73 Å². The summed E-state index contributed by atoms with van der Waals surface area (Å²) in [4.78, 5) is 19.0. The third kappa shape index (κ3) is 6.76. The Labute approximate surface area is 172 Å². The van der Waals surface area contributed by atoms with Gasteiger partial charge >= 0.3 is 0 Å². The number of nitrogens with zero attached hydrogens (tertiary/aromatic N) is 2. The van der Waals surface area contributed by atoms with E-state index in [0.717, 1.165) is 36.8 Å². The van der Waals surface area contributed by atoms with Gasteiger partial charge < -0.3 is 10.6 Å². The summed E-state index contributed by atoms with van der Waals surface area (Å²) >= 11 is 0. The number of hydrogen-bond donors (Lipinski definition) is 1. The van der Waals surface area contributed by atoms with Crippen molar-refractivity contribution in [2.24, 2.45) is 11.7 Å². The smallest absolute Gasteiger partial charge is 0.226 e. The van der Waals surface area contributed by atoms with E-state index < -0.39 is 0 Å². The molecule has 3 rings (SSSR count). The molecule has 1 fully saturated rings. The third-order valence-corrected chi connectivity index (χ3v) is 4.79. The lowest BCUT2D eigenvalue weighted by Gasteiger charge is -2.31. The average molecular weight is 414 g/mol. The van der Waals surface area contributed by atoms with Crippen molar-refractivity contribution in [1.29, 1.82) is 0 Å². The van der Waals surface area contributed by atoms with Crippen LogP contribution in [0.15, 0.2) is 48.8 Å². The van der Waals surface area contributed by atoms with Crippen molar-refractivity contribution in [2.45, 2.75) is 44.8 Å². The van der Waals surface area contributed by atoms with E-state index in [1.807, 2.05) is 17.0 Å². The van der Waals surface area contributed by atoms with Gasteiger partial charge in [0.1, 0.15) is 5.82 Å². The lowest BCUT2D eigenvalue weighted by molar-refractivity contribution is -0.138. The van der Waals surface area contributed by atoms with Gasteiger partial charge in [0.15, 0.2) is 0 Å². The summed E-state index contributed by atoms with van der Waals surface area (Å²) < 4.78 is 13.2. The number of carbonyl (C=O) groups excluding carboxylic acids is 1. The molecule has 1 amide bonds. The quantitative estimate of drug-likeness (QED) is 0.801. The number of pyridine rings is 1. The Bertz CT molecular complexity index is 700. The van der Waals surface area contributed by atoms with E-state index in [2.05, 4.69) is 4.98 Å². The molecule has 1 saturated carbocycles. The first-order chi connectivity index (χ1) is 12.1. The largest absolute Gasteiger partial charge is 0.334 e. The highest BCUT2D eigenvalue weighted by Crippen LogP contribution is 2.26. The summed E-state index contributed by atoms with van der Waals surface area (Å²) in [7, 11) is 0. The molecule has 0 bridgehead atoms. The first-order valence-electron chi connectivity index (χ1n) is 8.79. The highest BCUT2D eigenvalue weighted by Gasteiger charge is 2.29. The molecule has 2 N–H and O–H groups in total. The van der Waals surface area contributed by atoms with Crippen LogP contribution in [-0.2, 0) is 17.9 Å². The standard InChI is InChI=1S/C20H24FN3O.2ClH/c21-18-6-4-15(5-7-18)13-24(14-16-8-10-23-11-9-16)20(25)17-2-1-3-19(22)12-17;;/h4-11,17,19H,1-3,12-14,22H2;2*1H/t17-,19+;;/m1../s1. The number of aromatic nitrogens is 1. The van der Waals surface area contributed by atoms with Crippen LogP contribution in [-0.4, -0.2) is 21.8 Å². The molecular weight excluding hydrogens is 388 g/mol. The summed E-state index contributed by atoms with van der Waals surface area (Å²) in [5, 5.41) is 0. The van der Waals surface area contributed by atoms with Crippen molar-refractivity contribution >= 4 is 30.7 Å². The van der Waals surface area contributed by atoms with E-state index in [9.17, 15) is 9.18 Å². The molecule has 1 aliphatic carbocycles. The fraction of sp³-hybridized carbons (Fsp3) is 0.400. The Morgan fingerprint density at radius 1 is 1.04 bits per heavy atom. The highest BCUT2D eigenvalue weighted by molar-refractivity contribution is 5.85. The van der Waals surface area contributed by atoms with Gasteiger partial charge in [0.2, 0.25) is 5.91 Å². The van der Waals surface area contributed by atoms with Gasteiger partial charge in [-0.15, -0.1) is 24.8 Å². The Hall–Kier alpha value is -1.69. The molecule has 0 unspecified atom stereocenters. The second-order valence-electron chi connectivity index (χ2n) is 6.80. The molecule has 1 aromatic carbocycles. The molecule has 1 aliphatic rings. The molecule has 2 atom stereocenters. The van der Waals surface area contributed by atoms with Gasteiger partial charge in [-0.05, 0) is 54.7 Å². The van der Waals surface area contributed by atoms with Crippen LogP contribution in [0.4, 0.5) is 4.39 Å². The van der Waals surface area contributed by atoms with Crippen molar-refractivity contribution in [2.75, 3.05) is 0 Å². The monoisotopic (exact) mass is 413 g/mol. The number of amides is 1. The van der Waals surface area contributed by atoms with Crippen LogP contribution in [0.2, 0.25) is 0 Å². The first-order valence-corrected chi connectivity index (χ1v) is 8.79. The zero-order valence-corrected chi connectivity index (χ0v) is 16.7. The average Bonchev–Trinajstić information content (AvgIpc) is 2.63. The van der Waals surface area contributed by atoms with Gasteiger partial charge in [-0.25, -0.2) is 4.39 Å². The van der Waals surface area contributed by atoms with Crippen LogP contribution in [0.1, 0.15) is 36.8 Å². The summed E-state index contributed by atoms with van der Waals surface area (Å²) in [5.74, 6) is -0.156. The molecule has 0 radical (unpaired) electrons. The number of halogens is 3. The van der Waals surface area contributed by atoms with Crippen molar-refractivity contribution in [3.8, 4) is 0 Å². The topological polar surface area (TPSA) is 59.2 Å². The molecule has 7 heteroatoms. The van der Waals surface area contributed by atoms with Gasteiger partial charge in [0.25, 0.3) is 0 Å². The predicted octanol–water partition coefficient (Wildman–Crippen LogP) is 4.11. The summed E-state index contributed by atoms with van der Waals surface area (Å²) in [6.07, 6.45) is 7.08. The minimum Gasteiger partial charge on any atom is -0.334 e. The fourth-order valence-corrected chi connectivity index (χ4v) is 3.44. The molecule has 1 heterocycles. The maximum Gasteiger partial charge on any atom is 0.226 e. The van der Waals surface area contributed by atoms with Crippen molar-refractivity contribution in [3.63, 3.8) is 0 Å². The number of carbonyl (C=O) groups is 1. The second-order valence-corrected chi connectivity index (χ2v) is 6.80. The molecule has 0 saturated heterocycles. The van der Waals surface area contributed by atoms with E-state index in [-0.39, 0.29) is 48.5 Å². The van der Waals surface area contributed by atoms with Crippen LogP contribution in [0.5, 0.6) is 0 Å². The van der Waals surface area contributed by atoms with E-state index in [1.165, 1.54) is 12.1 Å². The Morgan fingerprint density at radius 3 is 2.22 bits per heavy atom. The minimum absolute atomic E-state index is 0. The normalized spacial score (nSPS) is 18.7. The number of hydrogen-bond acceptors (Lipinski definition) is 3. The molecule has 148 valence electrons. The first kappa shape index (κ1) is 23.3. The summed E-state index contributed by atoms with van der Waals surface area (Å²) in [5.41, 5.74) is 8.02. The lowest BCUT2D eigenvalue weighted by Crippen LogP contribution is -2.40. The van der Waals surface area contributed by atoms with Crippen LogP contribution in [0.3, 0.4) is 0 Å². The molecule has 4 nitrogen and oxygen atoms in total. The number of nitrogens with two attached hydrogens (primary N) is 1. The number of rotatable bonds is 5. The van der Waals surface area contributed by atoms with E-state index >= 15 is 0 Å². The van der Waals surface area contributed by atoms with Crippen LogP contribution in [0.25, 0.3) is 0 Å². The van der Waals surface area contributed by atoms with Crippen molar-refractivity contribution in [1.82, 2.24) is 9.88 Å². The zero-order valence-electron chi connectivity index (χ0n) is 15.1. The Morgan fingerprint density at radius 2 is 1.63 bits per heavy atom. The van der Waals surface area contributed by atoms with Gasteiger partial charge in [-0.1, -0.05) is 18.6 Å². The summed E-state index contributed by atoms with van der Waals surface area (Å²) in [6, 6.07) is 10.3. The van der Waals surface area contributed by atoms with E-state index in [0.29, 0.717) is 13.1 Å². The fourth-order valence-electron chi connectivity index (χ4n) is 3.44. The third-order valence-electron chi connectivity index (χ3n) is 4.79. The second kappa shape index (κ2) is 11.2. The molecule has 0 spiro atoms. The molecule has 0 aliphatic heterocycles. The maximum atomic E-state index is 13.2. The molecule has 27 heavy (non-hydrogen) atoms. The van der Waals surface area contributed by atoms with E-state index in [4.69, 9.17) is 5.73 Å². The van der Waals surface area contributed by atoms with Gasteiger partial charge in [-0.2, -0.15) is 0 Å². The van der Waals surface area contributed by atoms with Crippen molar-refractivity contribution in [3.05, 3.63) is 65.7 Å². The van der Waals surface area contributed by atoms with Crippen LogP contribution in [0, 0.1) is 11.7 Å². The number of benzene rings is 1. The molecular formula is C20H26Cl2FN3O. The Kier molecular flexibility index (Phi) is 9.70. The van der Waals surface area contributed by atoms with E-state index in [1.54, 1.807) is 24.5 Å². The van der Waals surface area contributed by atoms with Crippen molar-refractivity contribution < 1.29 is 9.18 Å². The highest BCUT2D eigenvalue weighted by atomic mass is 35.5. The van der Waals surface area contributed by atoms with Gasteiger partial charge in [0, 0.05) is 37.4 Å². The van der Waals surface area contributed by atoms with Gasteiger partial charge in [-0.3, -0.25) is 9.78 Å². The summed E-state index contributed by atoms with van der Waals surface area (Å²) in [6.45, 7) is 0.984. The SMILES string of the molecule is Cl.Cl.N[C@H]1CCC[C@@H](C(=O)N(Cc2ccncc2)Cc2ccc(F)cc2)C1. The minimum atomic E-state index is -0.269. The zero-order chi connectivity index (χ0) is 17.6. The molecule has 2 aromatic rings. The predicted molar refractivity (Wildman–Crippen MR) is 109 cm³/mol. The van der Waals surface area contributed by atoms with Gasteiger partial charge in [0.05, 0.1) is 0 Å².